The number of rotatable bonds is 2. The number of hydrogen-bond donors (Lipinski definition) is 1. The van der Waals surface area contributed by atoms with E-state index in [2.05, 4.69) is 11.0 Å². The molecule has 3 heteroatoms. The van der Waals surface area contributed by atoms with Crippen molar-refractivity contribution in [2.45, 2.75) is 38.3 Å². The minimum atomic E-state index is -0.0513. The molecule has 19 heavy (non-hydrogen) atoms. The Hall–Kier alpha value is -1.37. The first kappa shape index (κ1) is 12.7. The molecule has 1 heterocycles. The molecule has 2 fully saturated rings. The Bertz CT molecular complexity index is 480. The van der Waals surface area contributed by atoms with Crippen molar-refractivity contribution < 1.29 is 5.11 Å². The van der Waals surface area contributed by atoms with Crippen LogP contribution in [-0.2, 0) is 6.54 Å². The standard InChI is InChI=1S/C16H20N2O/c17-11-13-1-3-14(4-2-13)12-18-9-7-16(8-10-18)6-5-15(16)19/h1-4,15,19H,5-10,12H2. The molecule has 1 unspecified atom stereocenters. The molecule has 2 aliphatic rings. The lowest BCUT2D eigenvalue weighted by Gasteiger charge is -2.51. The van der Waals surface area contributed by atoms with Gasteiger partial charge in [-0.15, -0.1) is 0 Å². The SMILES string of the molecule is N#Cc1ccc(CN2CCC3(CCC3O)CC2)cc1. The number of nitrogens with zero attached hydrogens (tertiary/aromatic N) is 2. The lowest BCUT2D eigenvalue weighted by atomic mass is 9.61. The minimum absolute atomic E-state index is 0.0513. The summed E-state index contributed by atoms with van der Waals surface area (Å²) in [5, 5.41) is 18.7. The summed E-state index contributed by atoms with van der Waals surface area (Å²) in [6, 6.07) is 10.0. The maximum absolute atomic E-state index is 9.91. The molecule has 1 atom stereocenters. The summed E-state index contributed by atoms with van der Waals surface area (Å²) in [4.78, 5) is 2.46. The molecule has 1 aliphatic heterocycles. The van der Waals surface area contributed by atoms with Crippen LogP contribution in [-0.4, -0.2) is 29.2 Å². The molecule has 1 aromatic carbocycles. The van der Waals surface area contributed by atoms with E-state index < -0.39 is 0 Å². The first-order valence-electron chi connectivity index (χ1n) is 7.11. The van der Waals surface area contributed by atoms with Gasteiger partial charge in [-0.1, -0.05) is 12.1 Å². The van der Waals surface area contributed by atoms with Gasteiger partial charge in [0.05, 0.1) is 17.7 Å². The van der Waals surface area contributed by atoms with E-state index in [-0.39, 0.29) is 11.5 Å². The molecule has 1 N–H and O–H groups in total. The first-order valence-corrected chi connectivity index (χ1v) is 7.11. The van der Waals surface area contributed by atoms with Gasteiger partial charge >= 0.3 is 0 Å². The normalized spacial score (nSPS) is 25.8. The van der Waals surface area contributed by atoms with Crippen molar-refractivity contribution in [3.63, 3.8) is 0 Å². The Labute approximate surface area is 114 Å². The topological polar surface area (TPSA) is 47.3 Å². The van der Waals surface area contributed by atoms with Crippen LogP contribution in [0.25, 0.3) is 0 Å². The predicted octanol–water partition coefficient (Wildman–Crippen LogP) is 2.30. The van der Waals surface area contributed by atoms with E-state index in [9.17, 15) is 5.11 Å². The zero-order valence-corrected chi connectivity index (χ0v) is 11.2. The minimum Gasteiger partial charge on any atom is -0.393 e. The van der Waals surface area contributed by atoms with E-state index in [1.54, 1.807) is 0 Å². The Morgan fingerprint density at radius 2 is 1.89 bits per heavy atom. The molecule has 1 saturated heterocycles. The zero-order valence-electron chi connectivity index (χ0n) is 11.2. The number of aliphatic hydroxyl groups is 1. The maximum Gasteiger partial charge on any atom is 0.0991 e. The Balaban J connectivity index is 1.56. The fourth-order valence-electron chi connectivity index (χ4n) is 3.36. The lowest BCUT2D eigenvalue weighted by Crippen LogP contribution is -2.51. The number of benzene rings is 1. The Morgan fingerprint density at radius 1 is 1.21 bits per heavy atom. The van der Waals surface area contributed by atoms with Crippen LogP contribution >= 0.6 is 0 Å². The summed E-state index contributed by atoms with van der Waals surface area (Å²) in [6.07, 6.45) is 4.41. The molecule has 0 amide bonds. The predicted molar refractivity (Wildman–Crippen MR) is 73.3 cm³/mol. The van der Waals surface area contributed by atoms with Crippen LogP contribution in [0.2, 0.25) is 0 Å². The number of hydrogen-bond acceptors (Lipinski definition) is 3. The van der Waals surface area contributed by atoms with Gasteiger partial charge in [0.15, 0.2) is 0 Å². The molecule has 1 aromatic rings. The third-order valence-electron chi connectivity index (χ3n) is 4.96. The van der Waals surface area contributed by atoms with Gasteiger partial charge in [-0.25, -0.2) is 0 Å². The highest BCUT2D eigenvalue weighted by atomic mass is 16.3. The molecule has 3 rings (SSSR count). The van der Waals surface area contributed by atoms with Crippen LogP contribution in [0.4, 0.5) is 0 Å². The number of aliphatic hydroxyl groups excluding tert-OH is 1. The Morgan fingerprint density at radius 3 is 2.37 bits per heavy atom. The molecule has 1 aliphatic carbocycles. The van der Waals surface area contributed by atoms with Gasteiger partial charge in [0.25, 0.3) is 0 Å². The first-order chi connectivity index (χ1) is 9.22. The largest absolute Gasteiger partial charge is 0.393 e. The van der Waals surface area contributed by atoms with Crippen molar-refractivity contribution in [3.8, 4) is 6.07 Å². The van der Waals surface area contributed by atoms with Crippen LogP contribution < -0.4 is 0 Å². The highest BCUT2D eigenvalue weighted by Crippen LogP contribution is 2.49. The molecular weight excluding hydrogens is 236 g/mol. The molecular formula is C16H20N2O. The van der Waals surface area contributed by atoms with Gasteiger partial charge in [0.2, 0.25) is 0 Å². The van der Waals surface area contributed by atoms with E-state index >= 15 is 0 Å². The number of piperidine rings is 1. The molecule has 0 bridgehead atoms. The van der Waals surface area contributed by atoms with Crippen LogP contribution in [0.5, 0.6) is 0 Å². The summed E-state index contributed by atoms with van der Waals surface area (Å²) in [7, 11) is 0. The number of nitriles is 1. The van der Waals surface area contributed by atoms with E-state index in [4.69, 9.17) is 5.26 Å². The average molecular weight is 256 g/mol. The summed E-state index contributed by atoms with van der Waals surface area (Å²) >= 11 is 0. The molecule has 1 spiro atoms. The fraction of sp³-hybridized carbons (Fsp3) is 0.562. The van der Waals surface area contributed by atoms with E-state index in [0.717, 1.165) is 44.5 Å². The zero-order chi connectivity index (χ0) is 13.3. The maximum atomic E-state index is 9.91. The van der Waals surface area contributed by atoms with Crippen molar-refractivity contribution in [1.29, 1.82) is 5.26 Å². The lowest BCUT2D eigenvalue weighted by molar-refractivity contribution is -0.100. The van der Waals surface area contributed by atoms with E-state index in [0.29, 0.717) is 0 Å². The van der Waals surface area contributed by atoms with Crippen molar-refractivity contribution >= 4 is 0 Å². The van der Waals surface area contributed by atoms with Gasteiger partial charge < -0.3 is 5.11 Å². The second-order valence-corrected chi connectivity index (χ2v) is 6.00. The fourth-order valence-corrected chi connectivity index (χ4v) is 3.36. The summed E-state index contributed by atoms with van der Waals surface area (Å²) in [5.74, 6) is 0. The molecule has 3 nitrogen and oxygen atoms in total. The third kappa shape index (κ3) is 2.39. The van der Waals surface area contributed by atoms with Gasteiger partial charge in [0.1, 0.15) is 0 Å². The number of likely N-dealkylation sites (tertiary alicyclic amines) is 1. The molecule has 100 valence electrons. The van der Waals surface area contributed by atoms with Gasteiger partial charge in [-0.05, 0) is 61.9 Å². The van der Waals surface area contributed by atoms with Gasteiger partial charge in [-0.3, -0.25) is 4.90 Å². The quantitative estimate of drug-likeness (QED) is 0.883. The van der Waals surface area contributed by atoms with Crippen molar-refractivity contribution in [2.75, 3.05) is 13.1 Å². The van der Waals surface area contributed by atoms with Crippen LogP contribution in [0.1, 0.15) is 36.8 Å². The Kier molecular flexibility index (Phi) is 3.30. The third-order valence-corrected chi connectivity index (χ3v) is 4.96. The van der Waals surface area contributed by atoms with Crippen LogP contribution in [0.15, 0.2) is 24.3 Å². The molecule has 0 radical (unpaired) electrons. The average Bonchev–Trinajstić information content (AvgIpc) is 2.47. The second-order valence-electron chi connectivity index (χ2n) is 6.00. The smallest absolute Gasteiger partial charge is 0.0991 e. The van der Waals surface area contributed by atoms with E-state index in [1.165, 1.54) is 12.0 Å². The molecule has 0 aromatic heterocycles. The van der Waals surface area contributed by atoms with Gasteiger partial charge in [0, 0.05) is 6.54 Å². The summed E-state index contributed by atoms with van der Waals surface area (Å²) < 4.78 is 0. The van der Waals surface area contributed by atoms with Crippen molar-refractivity contribution in [3.05, 3.63) is 35.4 Å². The van der Waals surface area contributed by atoms with Gasteiger partial charge in [-0.2, -0.15) is 5.26 Å². The highest BCUT2D eigenvalue weighted by molar-refractivity contribution is 5.31. The monoisotopic (exact) mass is 256 g/mol. The van der Waals surface area contributed by atoms with Crippen molar-refractivity contribution in [2.24, 2.45) is 5.41 Å². The highest BCUT2D eigenvalue weighted by Gasteiger charge is 2.47. The summed E-state index contributed by atoms with van der Waals surface area (Å²) in [6.45, 7) is 3.12. The van der Waals surface area contributed by atoms with E-state index in [1.807, 2.05) is 24.3 Å². The van der Waals surface area contributed by atoms with Crippen LogP contribution in [0.3, 0.4) is 0 Å². The van der Waals surface area contributed by atoms with Crippen LogP contribution in [0, 0.1) is 16.7 Å². The summed E-state index contributed by atoms with van der Waals surface area (Å²) in [5.41, 5.74) is 2.24. The van der Waals surface area contributed by atoms with Crippen molar-refractivity contribution in [1.82, 2.24) is 4.90 Å². The second kappa shape index (κ2) is 4.96. The molecule has 1 saturated carbocycles.